The van der Waals surface area contributed by atoms with Crippen molar-refractivity contribution in [2.24, 2.45) is 5.73 Å². The van der Waals surface area contributed by atoms with Gasteiger partial charge in [0.15, 0.2) is 0 Å². The summed E-state index contributed by atoms with van der Waals surface area (Å²) in [6.07, 6.45) is 0.798. The van der Waals surface area contributed by atoms with Crippen LogP contribution >= 0.6 is 23.2 Å². The first kappa shape index (κ1) is 12.0. The summed E-state index contributed by atoms with van der Waals surface area (Å²) in [5, 5.41) is 0.681. The van der Waals surface area contributed by atoms with Crippen molar-refractivity contribution in [3.05, 3.63) is 28.0 Å². The molecule has 2 N–H and O–H groups in total. The molecule has 0 radical (unpaired) electrons. The molecule has 0 atom stereocenters. The fourth-order valence-electron chi connectivity index (χ4n) is 2.15. The monoisotopic (exact) mass is 266 g/mol. The number of hydrogen-bond acceptors (Lipinski definition) is 2. The summed E-state index contributed by atoms with van der Waals surface area (Å²) in [5.74, 6) is -2.66. The first-order valence-corrected chi connectivity index (χ1v) is 5.54. The average molecular weight is 267 g/mol. The van der Waals surface area contributed by atoms with Crippen LogP contribution in [0.4, 0.5) is 8.78 Å². The Morgan fingerprint density at radius 2 is 2.00 bits per heavy atom. The van der Waals surface area contributed by atoms with Gasteiger partial charge in [-0.1, -0.05) is 23.2 Å². The van der Waals surface area contributed by atoms with Crippen LogP contribution in [0.3, 0.4) is 0 Å². The number of pyridine rings is 1. The van der Waals surface area contributed by atoms with Gasteiger partial charge in [-0.05, 0) is 6.07 Å². The van der Waals surface area contributed by atoms with Gasteiger partial charge in [0.1, 0.15) is 0 Å². The zero-order valence-corrected chi connectivity index (χ0v) is 9.82. The van der Waals surface area contributed by atoms with Crippen molar-refractivity contribution in [3.63, 3.8) is 0 Å². The summed E-state index contributed by atoms with van der Waals surface area (Å²) < 4.78 is 25.9. The Morgan fingerprint density at radius 1 is 1.38 bits per heavy atom. The van der Waals surface area contributed by atoms with Gasteiger partial charge in [-0.15, -0.1) is 0 Å². The second kappa shape index (κ2) is 3.79. The second-order valence-electron chi connectivity index (χ2n) is 4.18. The first-order valence-electron chi connectivity index (χ1n) is 4.78. The highest BCUT2D eigenvalue weighted by Crippen LogP contribution is 2.53. The third kappa shape index (κ3) is 1.90. The van der Waals surface area contributed by atoms with Gasteiger partial charge in [0.25, 0.3) is 0 Å². The van der Waals surface area contributed by atoms with Crippen LogP contribution in [0, 0.1) is 0 Å². The summed E-state index contributed by atoms with van der Waals surface area (Å²) in [6, 6.07) is 1.50. The van der Waals surface area contributed by atoms with Gasteiger partial charge in [0.2, 0.25) is 5.92 Å². The van der Waals surface area contributed by atoms with Gasteiger partial charge < -0.3 is 5.73 Å². The van der Waals surface area contributed by atoms with E-state index in [4.69, 9.17) is 28.9 Å². The number of halogens is 4. The van der Waals surface area contributed by atoms with Crippen molar-refractivity contribution in [2.45, 2.75) is 24.2 Å². The largest absolute Gasteiger partial charge is 0.330 e. The van der Waals surface area contributed by atoms with E-state index in [0.29, 0.717) is 15.7 Å². The summed E-state index contributed by atoms with van der Waals surface area (Å²) in [5.41, 5.74) is 5.19. The van der Waals surface area contributed by atoms with E-state index in [9.17, 15) is 8.78 Å². The van der Waals surface area contributed by atoms with E-state index in [1.165, 1.54) is 12.3 Å². The molecule has 0 saturated heterocycles. The highest BCUT2D eigenvalue weighted by molar-refractivity contribution is 6.34. The van der Waals surface area contributed by atoms with Gasteiger partial charge in [0.05, 0.1) is 15.7 Å². The molecule has 1 aliphatic rings. The zero-order chi connectivity index (χ0) is 12.0. The Hall–Kier alpha value is -0.450. The fraction of sp³-hybridized carbons (Fsp3) is 0.500. The predicted molar refractivity (Wildman–Crippen MR) is 59.2 cm³/mol. The minimum absolute atomic E-state index is 0.108. The Kier molecular flexibility index (Phi) is 2.85. The molecule has 1 aromatic rings. The lowest BCUT2D eigenvalue weighted by Crippen LogP contribution is -2.54. The zero-order valence-electron chi connectivity index (χ0n) is 8.31. The van der Waals surface area contributed by atoms with Crippen LogP contribution in [0.25, 0.3) is 0 Å². The lowest BCUT2D eigenvalue weighted by molar-refractivity contribution is -0.125. The van der Waals surface area contributed by atoms with Crippen molar-refractivity contribution < 1.29 is 8.78 Å². The van der Waals surface area contributed by atoms with Gasteiger partial charge in [-0.2, -0.15) is 0 Å². The third-order valence-corrected chi connectivity index (χ3v) is 3.39. The number of hydrogen-bond donors (Lipinski definition) is 1. The smallest absolute Gasteiger partial charge is 0.250 e. The van der Waals surface area contributed by atoms with Crippen molar-refractivity contribution in [3.8, 4) is 0 Å². The number of alkyl halides is 2. The van der Waals surface area contributed by atoms with E-state index >= 15 is 0 Å². The van der Waals surface area contributed by atoms with Crippen LogP contribution < -0.4 is 5.73 Å². The van der Waals surface area contributed by atoms with E-state index in [1.54, 1.807) is 0 Å². The van der Waals surface area contributed by atoms with E-state index in [2.05, 4.69) is 4.98 Å². The quantitative estimate of drug-likeness (QED) is 0.894. The second-order valence-corrected chi connectivity index (χ2v) is 5.02. The molecule has 1 heterocycles. The maximum absolute atomic E-state index is 13.0. The molecular formula is C10H10Cl2F2N2. The molecule has 1 aliphatic carbocycles. The Labute approximate surface area is 102 Å². The molecule has 16 heavy (non-hydrogen) atoms. The third-order valence-electron chi connectivity index (χ3n) is 2.89. The Balaban J connectivity index is 2.36. The minimum Gasteiger partial charge on any atom is -0.330 e. The lowest BCUT2D eigenvalue weighted by atomic mass is 9.64. The summed E-state index contributed by atoms with van der Waals surface area (Å²) >= 11 is 11.7. The molecule has 2 nitrogen and oxygen atoms in total. The average Bonchev–Trinajstić information content (AvgIpc) is 2.13. The number of nitrogens with zero attached hydrogens (tertiary/aromatic N) is 1. The first-order chi connectivity index (χ1) is 7.38. The van der Waals surface area contributed by atoms with Gasteiger partial charge in [0, 0.05) is 31.0 Å². The number of nitrogens with two attached hydrogens (primary N) is 1. The van der Waals surface area contributed by atoms with E-state index in [0.717, 1.165) is 0 Å². The van der Waals surface area contributed by atoms with Crippen LogP contribution in [0.15, 0.2) is 12.3 Å². The lowest BCUT2D eigenvalue weighted by Gasteiger charge is -2.46. The predicted octanol–water partition coefficient (Wildman–Crippen LogP) is 3.01. The number of aromatic nitrogens is 1. The molecule has 1 saturated carbocycles. The molecule has 2 rings (SSSR count). The molecule has 0 bridgehead atoms. The summed E-state index contributed by atoms with van der Waals surface area (Å²) in [7, 11) is 0. The van der Waals surface area contributed by atoms with Gasteiger partial charge in [-0.25, -0.2) is 8.78 Å². The number of rotatable bonds is 2. The van der Waals surface area contributed by atoms with Gasteiger partial charge in [-0.3, -0.25) is 4.98 Å². The highest BCUT2D eigenvalue weighted by Gasteiger charge is 2.58. The van der Waals surface area contributed by atoms with Crippen LogP contribution in [0.1, 0.15) is 18.5 Å². The van der Waals surface area contributed by atoms with Crippen LogP contribution in [0.2, 0.25) is 10.0 Å². The van der Waals surface area contributed by atoms with Crippen molar-refractivity contribution in [1.82, 2.24) is 4.98 Å². The molecule has 6 heteroatoms. The molecule has 0 amide bonds. The topological polar surface area (TPSA) is 38.9 Å². The molecule has 88 valence electrons. The Morgan fingerprint density at radius 3 is 2.44 bits per heavy atom. The molecular weight excluding hydrogens is 257 g/mol. The molecule has 0 aliphatic heterocycles. The minimum atomic E-state index is -2.66. The maximum Gasteiger partial charge on any atom is 0.250 e. The van der Waals surface area contributed by atoms with Crippen LogP contribution in [0.5, 0.6) is 0 Å². The summed E-state index contributed by atoms with van der Waals surface area (Å²) in [4.78, 5) is 4.03. The molecule has 0 unspecified atom stereocenters. The van der Waals surface area contributed by atoms with E-state index in [1.807, 2.05) is 0 Å². The Bertz CT molecular complexity index is 415. The molecule has 0 spiro atoms. The van der Waals surface area contributed by atoms with Crippen molar-refractivity contribution in [2.75, 3.05) is 6.54 Å². The van der Waals surface area contributed by atoms with Crippen molar-refractivity contribution in [1.29, 1.82) is 0 Å². The normalized spacial score (nSPS) is 21.6. The maximum atomic E-state index is 13.0. The fourth-order valence-corrected chi connectivity index (χ4v) is 2.73. The SMILES string of the molecule is NCC1(c2ncc(Cl)cc2Cl)CC(F)(F)C1. The molecule has 1 fully saturated rings. The molecule has 0 aromatic carbocycles. The highest BCUT2D eigenvalue weighted by atomic mass is 35.5. The van der Waals surface area contributed by atoms with E-state index < -0.39 is 11.3 Å². The standard InChI is InChI=1S/C10H10Cl2F2N2/c11-6-1-7(12)8(16-2-6)9(5-15)3-10(13,14)4-9/h1-2H,3-5,15H2. The van der Waals surface area contributed by atoms with E-state index in [-0.39, 0.29) is 19.4 Å². The van der Waals surface area contributed by atoms with Gasteiger partial charge >= 0.3 is 0 Å². The van der Waals surface area contributed by atoms with Crippen LogP contribution in [-0.2, 0) is 5.41 Å². The van der Waals surface area contributed by atoms with Crippen LogP contribution in [-0.4, -0.2) is 17.5 Å². The molecule has 1 aromatic heterocycles. The van der Waals surface area contributed by atoms with Crippen molar-refractivity contribution >= 4 is 23.2 Å². The summed E-state index contributed by atoms with van der Waals surface area (Å²) in [6.45, 7) is 0.108.